The molecule has 6 N–H and O–H groups in total. The van der Waals surface area contributed by atoms with Gasteiger partial charge in [-0.2, -0.15) is 0 Å². The summed E-state index contributed by atoms with van der Waals surface area (Å²) in [4.78, 5) is 25.4. The van der Waals surface area contributed by atoms with E-state index in [1.54, 1.807) is 24.3 Å². The van der Waals surface area contributed by atoms with Crippen molar-refractivity contribution >= 4 is 18.0 Å². The van der Waals surface area contributed by atoms with Crippen molar-refractivity contribution in [3.05, 3.63) is 65.7 Å². The number of aromatic hydroxyl groups is 1. The molecule has 4 heterocycles. The Hall–Kier alpha value is -3.64. The summed E-state index contributed by atoms with van der Waals surface area (Å²) in [5.74, 6) is -3.68. The lowest BCUT2D eigenvalue weighted by molar-refractivity contribution is -0.371. The number of hydrogen-bond acceptors (Lipinski definition) is 15. The Kier molecular flexibility index (Phi) is 9.53. The van der Waals surface area contributed by atoms with Gasteiger partial charge in [0.25, 0.3) is 0 Å². The quantitative estimate of drug-likeness (QED) is 0.147. The first-order valence-electron chi connectivity index (χ1n) is 15.0. The fourth-order valence-corrected chi connectivity index (χ4v) is 6.56. The average Bonchev–Trinajstić information content (AvgIpc) is 3.17. The first kappa shape index (κ1) is 33.3. The lowest BCUT2D eigenvalue weighted by Crippen LogP contribution is -2.61. The second kappa shape index (κ2) is 13.5. The van der Waals surface area contributed by atoms with Gasteiger partial charge in [0, 0.05) is 18.4 Å². The van der Waals surface area contributed by atoms with Gasteiger partial charge < -0.3 is 63.8 Å². The third-order valence-corrected chi connectivity index (χ3v) is 9.01. The summed E-state index contributed by atoms with van der Waals surface area (Å²) < 4.78 is 39.1. The van der Waals surface area contributed by atoms with Crippen molar-refractivity contribution in [2.75, 3.05) is 20.3 Å². The highest BCUT2D eigenvalue weighted by Crippen LogP contribution is 2.53. The number of carbonyl (C=O) groups is 2. The zero-order valence-electron chi connectivity index (χ0n) is 25.1. The molecule has 4 aliphatic heterocycles. The van der Waals surface area contributed by atoms with Gasteiger partial charge in [0.1, 0.15) is 36.6 Å². The summed E-state index contributed by atoms with van der Waals surface area (Å²) in [6, 6.07) is 12.8. The van der Waals surface area contributed by atoms with Crippen LogP contribution in [0.4, 0.5) is 0 Å². The van der Waals surface area contributed by atoms with Crippen LogP contribution in [-0.4, -0.2) is 124 Å². The Morgan fingerprint density at radius 3 is 2.49 bits per heavy atom. The number of hydrogen-bond donors (Lipinski definition) is 6. The summed E-state index contributed by atoms with van der Waals surface area (Å²) in [6.07, 6.45) is -10.6. The molecule has 1 saturated carbocycles. The van der Waals surface area contributed by atoms with Gasteiger partial charge in [-0.15, -0.1) is 0 Å². The van der Waals surface area contributed by atoms with Gasteiger partial charge in [0.15, 0.2) is 36.5 Å². The number of benzene rings is 2. The first-order valence-corrected chi connectivity index (χ1v) is 15.0. The normalized spacial score (nSPS) is 37.8. The number of aliphatic hydroxyl groups is 5. The van der Waals surface area contributed by atoms with Crippen molar-refractivity contribution in [2.24, 2.45) is 11.8 Å². The molecule has 2 aromatic carbocycles. The van der Waals surface area contributed by atoms with Gasteiger partial charge in [-0.1, -0.05) is 30.3 Å². The number of aliphatic hydroxyl groups excluding tert-OH is 4. The van der Waals surface area contributed by atoms with Crippen molar-refractivity contribution in [1.29, 1.82) is 0 Å². The Balaban J connectivity index is 1.15. The molecule has 2 aromatic rings. The average molecular weight is 661 g/mol. The zero-order chi connectivity index (χ0) is 33.5. The van der Waals surface area contributed by atoms with Gasteiger partial charge >= 0.3 is 11.9 Å². The van der Waals surface area contributed by atoms with Crippen LogP contribution in [0.2, 0.25) is 0 Å². The summed E-state index contributed by atoms with van der Waals surface area (Å²) in [5.41, 5.74) is -1.29. The van der Waals surface area contributed by atoms with Crippen LogP contribution < -0.4 is 4.74 Å². The fraction of sp³-hybridized carbons (Fsp3) is 0.500. The molecule has 0 aromatic heterocycles. The standard InChI is InChI=1S/C32H36O15/c1-41-19-11-16(8-9-18(19)33)29(39)46-28-24(35)17-12-22-43-14-32(28,40)23(17)30(45-22)47-31-27(38)26(37)25(36)20(44-31)13-42-21(34)10-7-15-5-3-2-4-6-15/h2-11,17,20,22-28,30-31,33,35-38,40H,12-14H2,1H3. The number of fused-ring (bicyclic) bond motifs is 2. The van der Waals surface area contributed by atoms with E-state index in [0.717, 1.165) is 5.56 Å². The number of rotatable bonds is 9. The van der Waals surface area contributed by atoms with E-state index >= 15 is 0 Å². The summed E-state index contributed by atoms with van der Waals surface area (Å²) in [7, 11) is 1.31. The third-order valence-electron chi connectivity index (χ3n) is 9.01. The van der Waals surface area contributed by atoms with Crippen LogP contribution in [0.25, 0.3) is 6.08 Å². The van der Waals surface area contributed by atoms with E-state index in [4.69, 9.17) is 33.2 Å². The number of phenols is 1. The molecule has 1 aliphatic carbocycles. The molecular formula is C32H36O15. The van der Waals surface area contributed by atoms with Crippen LogP contribution in [0.15, 0.2) is 54.6 Å². The van der Waals surface area contributed by atoms with Gasteiger partial charge in [0.05, 0.1) is 31.3 Å². The number of phenolic OH excluding ortho intramolecular Hbond substituents is 1. The summed E-state index contributed by atoms with van der Waals surface area (Å²) >= 11 is 0. The highest BCUT2D eigenvalue weighted by atomic mass is 16.8. The maximum Gasteiger partial charge on any atom is 0.338 e. The lowest BCUT2D eigenvalue weighted by Gasteiger charge is -2.44. The molecule has 47 heavy (non-hydrogen) atoms. The molecule has 0 spiro atoms. The SMILES string of the molecule is COc1cc(C(=O)OC2C(O)C3CC4OCC2(O)C3C(OC2OC(COC(=O)C=Cc3ccccc3)C(O)C(O)C2O)O4)ccc1O. The summed E-state index contributed by atoms with van der Waals surface area (Å²) in [6.45, 7) is -0.911. The van der Waals surface area contributed by atoms with Gasteiger partial charge in [-0.05, 0) is 29.8 Å². The van der Waals surface area contributed by atoms with Crippen molar-refractivity contribution in [2.45, 2.75) is 67.5 Å². The van der Waals surface area contributed by atoms with Crippen LogP contribution in [0, 0.1) is 11.8 Å². The second-order valence-corrected chi connectivity index (χ2v) is 11.9. The Morgan fingerprint density at radius 1 is 0.979 bits per heavy atom. The number of methoxy groups -OCH3 is 1. The second-order valence-electron chi connectivity index (χ2n) is 11.9. The minimum absolute atomic E-state index is 0.0135. The monoisotopic (exact) mass is 660 g/mol. The molecule has 7 rings (SSSR count). The Bertz CT molecular complexity index is 1470. The Labute approximate surface area is 268 Å². The van der Waals surface area contributed by atoms with Crippen LogP contribution in [-0.2, 0) is 33.2 Å². The van der Waals surface area contributed by atoms with E-state index < -0.39 is 98.1 Å². The first-order chi connectivity index (χ1) is 22.5. The molecule has 5 fully saturated rings. The van der Waals surface area contributed by atoms with E-state index in [1.807, 2.05) is 6.07 Å². The minimum Gasteiger partial charge on any atom is -0.504 e. The van der Waals surface area contributed by atoms with Gasteiger partial charge in [-0.3, -0.25) is 0 Å². The molecule has 12 unspecified atom stereocenters. The number of ether oxygens (including phenoxy) is 7. The maximum atomic E-state index is 13.1. The topological polar surface area (TPSA) is 220 Å². The number of esters is 2. The van der Waals surface area contributed by atoms with Crippen molar-refractivity contribution in [3.63, 3.8) is 0 Å². The van der Waals surface area contributed by atoms with Crippen LogP contribution >= 0.6 is 0 Å². The predicted molar refractivity (Wildman–Crippen MR) is 155 cm³/mol. The molecule has 0 amide bonds. The molecular weight excluding hydrogens is 624 g/mol. The fourth-order valence-electron chi connectivity index (χ4n) is 6.56. The third kappa shape index (κ3) is 6.46. The molecule has 4 bridgehead atoms. The van der Waals surface area contributed by atoms with Crippen molar-refractivity contribution in [3.8, 4) is 11.5 Å². The molecule has 5 aliphatic rings. The van der Waals surface area contributed by atoms with E-state index in [1.165, 1.54) is 37.5 Å². The zero-order valence-corrected chi connectivity index (χ0v) is 25.1. The highest BCUT2D eigenvalue weighted by Gasteiger charge is 2.69. The molecule has 254 valence electrons. The largest absolute Gasteiger partial charge is 0.504 e. The van der Waals surface area contributed by atoms with Gasteiger partial charge in [-0.25, -0.2) is 9.59 Å². The molecule has 0 radical (unpaired) electrons. The van der Waals surface area contributed by atoms with Crippen LogP contribution in [0.1, 0.15) is 22.3 Å². The summed E-state index contributed by atoms with van der Waals surface area (Å²) in [5, 5.41) is 64.9. The van der Waals surface area contributed by atoms with Crippen LogP contribution in [0.3, 0.4) is 0 Å². The van der Waals surface area contributed by atoms with Crippen molar-refractivity contribution in [1.82, 2.24) is 0 Å². The smallest absolute Gasteiger partial charge is 0.338 e. The van der Waals surface area contributed by atoms with E-state index in [2.05, 4.69) is 0 Å². The minimum atomic E-state index is -2.03. The number of carbonyl (C=O) groups excluding carboxylic acids is 2. The predicted octanol–water partition coefficient (Wildman–Crippen LogP) is -0.552. The molecule has 12 atom stereocenters. The van der Waals surface area contributed by atoms with Crippen molar-refractivity contribution < 1.29 is 73.4 Å². The van der Waals surface area contributed by atoms with E-state index in [0.29, 0.717) is 0 Å². The molecule has 15 nitrogen and oxygen atoms in total. The van der Waals surface area contributed by atoms with E-state index in [9.17, 15) is 40.2 Å². The molecule has 15 heteroatoms. The highest BCUT2D eigenvalue weighted by molar-refractivity contribution is 5.90. The van der Waals surface area contributed by atoms with E-state index in [-0.39, 0.29) is 23.5 Å². The van der Waals surface area contributed by atoms with Gasteiger partial charge in [0.2, 0.25) is 0 Å². The molecule has 4 saturated heterocycles. The lowest BCUT2D eigenvalue weighted by atomic mass is 9.82. The Morgan fingerprint density at radius 2 is 1.74 bits per heavy atom. The van der Waals surface area contributed by atoms with Crippen LogP contribution in [0.5, 0.6) is 11.5 Å². The maximum absolute atomic E-state index is 13.1.